The van der Waals surface area contributed by atoms with E-state index < -0.39 is 0 Å². The highest BCUT2D eigenvalue weighted by Gasteiger charge is 1.98. The fourth-order valence-electron chi connectivity index (χ4n) is 0.784. The van der Waals surface area contributed by atoms with Crippen molar-refractivity contribution in [2.45, 2.75) is 0 Å². The molecule has 0 bridgehead atoms. The second kappa shape index (κ2) is 1.76. The average molecular weight is 132 g/mol. The minimum atomic E-state index is 0.457. The van der Waals surface area contributed by atoms with E-state index in [-0.39, 0.29) is 0 Å². The number of hydrogen-bond donors (Lipinski definition) is 1. The number of H-pyrrole nitrogens is 1. The Morgan fingerprint density at radius 2 is 2.30 bits per heavy atom. The molecule has 0 spiro atoms. The molecule has 4 nitrogen and oxygen atoms in total. The van der Waals surface area contributed by atoms with Crippen molar-refractivity contribution in [2.24, 2.45) is 0 Å². The van der Waals surface area contributed by atoms with Crippen molar-refractivity contribution in [3.05, 3.63) is 25.1 Å². The molecule has 10 heavy (non-hydrogen) atoms. The van der Waals surface area contributed by atoms with E-state index in [1.54, 1.807) is 6.20 Å². The first kappa shape index (κ1) is 5.34. The summed E-state index contributed by atoms with van der Waals surface area (Å²) in [7, 11) is 0. The van der Waals surface area contributed by atoms with Gasteiger partial charge in [-0.3, -0.25) is 5.10 Å². The van der Waals surface area contributed by atoms with E-state index in [2.05, 4.69) is 20.2 Å². The van der Waals surface area contributed by atoms with Crippen LogP contribution in [0.25, 0.3) is 11.0 Å². The molecule has 2 aromatic rings. The van der Waals surface area contributed by atoms with Crippen LogP contribution >= 0.6 is 0 Å². The second-order valence-electron chi connectivity index (χ2n) is 1.89. The highest BCUT2D eigenvalue weighted by atomic mass is 15.1. The summed E-state index contributed by atoms with van der Waals surface area (Å²) in [6.45, 7) is 5.49. The minimum absolute atomic E-state index is 0.457. The molecule has 2 heterocycles. The third kappa shape index (κ3) is 0.586. The quantitative estimate of drug-likeness (QED) is 0.564. The Labute approximate surface area is 57.3 Å². The van der Waals surface area contributed by atoms with Crippen molar-refractivity contribution in [1.29, 1.82) is 0 Å². The largest absolute Gasteiger partial charge is 0.261 e. The van der Waals surface area contributed by atoms with Gasteiger partial charge in [-0.1, -0.05) is 0 Å². The van der Waals surface area contributed by atoms with Crippen LogP contribution in [-0.2, 0) is 0 Å². The molecule has 2 rings (SSSR count). The predicted molar refractivity (Wildman–Crippen MR) is 35.1 cm³/mol. The summed E-state index contributed by atoms with van der Waals surface area (Å²) in [5.41, 5.74) is 1.13. The van der Waals surface area contributed by atoms with E-state index in [4.69, 9.17) is 6.92 Å². The lowest BCUT2D eigenvalue weighted by Gasteiger charge is -1.88. The number of aromatic nitrogens is 4. The van der Waals surface area contributed by atoms with E-state index in [1.807, 2.05) is 0 Å². The molecular weight excluding hydrogens is 128 g/mol. The van der Waals surface area contributed by atoms with Gasteiger partial charge in [0.2, 0.25) is 0 Å². The van der Waals surface area contributed by atoms with E-state index in [0.29, 0.717) is 11.3 Å². The first-order valence-corrected chi connectivity index (χ1v) is 2.77. The van der Waals surface area contributed by atoms with Crippen LogP contribution in [0.2, 0.25) is 0 Å². The van der Waals surface area contributed by atoms with Gasteiger partial charge in [-0.2, -0.15) is 5.10 Å². The highest BCUT2D eigenvalue weighted by molar-refractivity contribution is 5.76. The maximum Gasteiger partial charge on any atom is 0.158 e. The summed E-state index contributed by atoms with van der Waals surface area (Å²) in [5.74, 6) is 0. The standard InChI is InChI=1S/C6H4N4/c1-4-5-2-9-10-6(5)8-3-7-4/h1-3H,(H,7,8,9,10). The Morgan fingerprint density at radius 1 is 1.40 bits per heavy atom. The molecule has 0 aliphatic carbocycles. The van der Waals surface area contributed by atoms with E-state index in [0.717, 1.165) is 5.39 Å². The summed E-state index contributed by atoms with van der Waals surface area (Å²) in [6.07, 6.45) is 3.00. The summed E-state index contributed by atoms with van der Waals surface area (Å²) >= 11 is 0. The van der Waals surface area contributed by atoms with E-state index in [1.165, 1.54) is 6.33 Å². The first-order chi connectivity index (χ1) is 4.88. The van der Waals surface area contributed by atoms with Crippen molar-refractivity contribution in [1.82, 2.24) is 20.2 Å². The molecule has 0 amide bonds. The minimum Gasteiger partial charge on any atom is -0.261 e. The van der Waals surface area contributed by atoms with Gasteiger partial charge in [0, 0.05) is 6.92 Å². The zero-order valence-electron chi connectivity index (χ0n) is 5.07. The average Bonchev–Trinajstić information content (AvgIpc) is 2.36. The molecule has 1 N–H and O–H groups in total. The molecule has 2 radical (unpaired) electrons. The van der Waals surface area contributed by atoms with Crippen LogP contribution in [0.1, 0.15) is 5.69 Å². The summed E-state index contributed by atoms with van der Waals surface area (Å²) in [4.78, 5) is 7.68. The number of nitrogens with one attached hydrogen (secondary N) is 1. The molecule has 0 fully saturated rings. The smallest absolute Gasteiger partial charge is 0.158 e. The molecule has 0 aliphatic heterocycles. The Morgan fingerprint density at radius 3 is 3.10 bits per heavy atom. The predicted octanol–water partition coefficient (Wildman–Crippen LogP) is 0.412. The number of hydrogen-bond acceptors (Lipinski definition) is 3. The SMILES string of the molecule is [CH]c1ncnc2[nH]ncc12. The summed E-state index contributed by atoms with van der Waals surface area (Å²) in [5, 5.41) is 7.20. The molecule has 2 aromatic heterocycles. The Kier molecular flexibility index (Phi) is 0.943. The molecule has 0 saturated carbocycles. The second-order valence-corrected chi connectivity index (χ2v) is 1.89. The maximum absolute atomic E-state index is 5.49. The lowest BCUT2D eigenvalue weighted by molar-refractivity contribution is 1.09. The highest BCUT2D eigenvalue weighted by Crippen LogP contribution is 2.08. The van der Waals surface area contributed by atoms with Gasteiger partial charge >= 0.3 is 0 Å². The lowest BCUT2D eigenvalue weighted by Crippen LogP contribution is -1.83. The van der Waals surface area contributed by atoms with Gasteiger partial charge in [-0.15, -0.1) is 0 Å². The van der Waals surface area contributed by atoms with Gasteiger partial charge in [-0.05, 0) is 0 Å². The topological polar surface area (TPSA) is 54.5 Å². The van der Waals surface area contributed by atoms with Crippen molar-refractivity contribution in [3.63, 3.8) is 0 Å². The normalized spacial score (nSPS) is 10.5. The molecule has 48 valence electrons. The van der Waals surface area contributed by atoms with Gasteiger partial charge in [-0.25, -0.2) is 9.97 Å². The van der Waals surface area contributed by atoms with E-state index >= 15 is 0 Å². The third-order valence-electron chi connectivity index (χ3n) is 1.28. The molecule has 0 saturated heterocycles. The van der Waals surface area contributed by atoms with Crippen molar-refractivity contribution in [2.75, 3.05) is 0 Å². The molecule has 0 aliphatic rings. The molecule has 0 atom stereocenters. The van der Waals surface area contributed by atoms with Gasteiger partial charge in [0.25, 0.3) is 0 Å². The Hall–Kier alpha value is -1.45. The van der Waals surface area contributed by atoms with Crippen LogP contribution in [0.3, 0.4) is 0 Å². The molecular formula is C6H4N4. The Balaban J connectivity index is 2.95. The van der Waals surface area contributed by atoms with E-state index in [9.17, 15) is 0 Å². The van der Waals surface area contributed by atoms with Crippen molar-refractivity contribution >= 4 is 11.0 Å². The van der Waals surface area contributed by atoms with Gasteiger partial charge < -0.3 is 0 Å². The van der Waals surface area contributed by atoms with Crippen LogP contribution in [0, 0.1) is 6.92 Å². The first-order valence-electron chi connectivity index (χ1n) is 2.77. The van der Waals surface area contributed by atoms with Crippen LogP contribution in [0.4, 0.5) is 0 Å². The number of rotatable bonds is 0. The van der Waals surface area contributed by atoms with Gasteiger partial charge in [0.15, 0.2) is 5.65 Å². The molecule has 4 heteroatoms. The van der Waals surface area contributed by atoms with Crippen LogP contribution in [0.15, 0.2) is 12.5 Å². The van der Waals surface area contributed by atoms with Gasteiger partial charge in [0.05, 0.1) is 17.3 Å². The monoisotopic (exact) mass is 132 g/mol. The number of fused-ring (bicyclic) bond motifs is 1. The zero-order chi connectivity index (χ0) is 6.97. The molecule has 0 aromatic carbocycles. The number of nitrogens with zero attached hydrogens (tertiary/aromatic N) is 3. The van der Waals surface area contributed by atoms with Crippen LogP contribution < -0.4 is 0 Å². The van der Waals surface area contributed by atoms with Crippen molar-refractivity contribution in [3.8, 4) is 0 Å². The summed E-state index contributed by atoms with van der Waals surface area (Å²) < 4.78 is 0. The molecule has 0 unspecified atom stereocenters. The van der Waals surface area contributed by atoms with Crippen LogP contribution in [-0.4, -0.2) is 20.2 Å². The summed E-state index contributed by atoms with van der Waals surface area (Å²) in [6, 6.07) is 0. The lowest BCUT2D eigenvalue weighted by atomic mass is 10.3. The number of aromatic amines is 1. The van der Waals surface area contributed by atoms with Gasteiger partial charge in [0.1, 0.15) is 6.33 Å². The fraction of sp³-hybridized carbons (Fsp3) is 0. The van der Waals surface area contributed by atoms with Crippen molar-refractivity contribution < 1.29 is 0 Å². The zero-order valence-corrected chi connectivity index (χ0v) is 5.07. The maximum atomic E-state index is 5.49. The Bertz CT molecular complexity index is 351. The third-order valence-corrected chi connectivity index (χ3v) is 1.28. The van der Waals surface area contributed by atoms with Crippen LogP contribution in [0.5, 0.6) is 0 Å². The fourth-order valence-corrected chi connectivity index (χ4v) is 0.784.